The number of esters is 1. The molecule has 0 amide bonds. The van der Waals surface area contributed by atoms with E-state index in [1.807, 2.05) is 0 Å². The number of halogens is 4. The van der Waals surface area contributed by atoms with Gasteiger partial charge in [-0.05, 0) is 30.5 Å². The van der Waals surface area contributed by atoms with Gasteiger partial charge in [0, 0.05) is 0 Å². The van der Waals surface area contributed by atoms with Crippen LogP contribution in [0.1, 0.15) is 25.0 Å². The fourth-order valence-corrected chi connectivity index (χ4v) is 3.95. The number of aryl methyl sites for hydroxylation is 1. The lowest BCUT2D eigenvalue weighted by molar-refractivity contribution is -0.249. The first-order valence-electron chi connectivity index (χ1n) is 9.18. The second-order valence-electron chi connectivity index (χ2n) is 7.19. The second-order valence-corrected chi connectivity index (χ2v) is 8.44. The Morgan fingerprint density at radius 1 is 1.03 bits per heavy atom. The molecule has 2 aromatic carbocycles. The van der Waals surface area contributed by atoms with E-state index < -0.39 is 47.4 Å². The molecule has 2 aromatic rings. The van der Waals surface area contributed by atoms with Crippen LogP contribution in [0.25, 0.3) is 0 Å². The van der Waals surface area contributed by atoms with Gasteiger partial charge in [-0.25, -0.2) is 18.1 Å². The third-order valence-corrected chi connectivity index (χ3v) is 5.65. The van der Waals surface area contributed by atoms with E-state index in [0.717, 1.165) is 5.56 Å². The van der Waals surface area contributed by atoms with Gasteiger partial charge in [0.05, 0.1) is 10.9 Å². The molecular weight excluding hydrogens is 422 g/mol. The molecule has 0 spiro atoms. The predicted molar refractivity (Wildman–Crippen MR) is 105 cm³/mol. The summed E-state index contributed by atoms with van der Waals surface area (Å²) < 4.78 is 76.2. The van der Waals surface area contributed by atoms with Crippen LogP contribution in [-0.2, 0) is 27.1 Å². The van der Waals surface area contributed by atoms with E-state index in [1.54, 1.807) is 37.3 Å². The number of carbonyl (C=O) groups excluding carboxylic acids is 1. The smallest absolute Gasteiger partial charge is 0.435 e. The number of ether oxygens (including phenoxy) is 1. The average molecular weight is 445 g/mol. The van der Waals surface area contributed by atoms with Crippen molar-refractivity contribution in [2.45, 2.75) is 50.2 Å². The molecular formula is C21H23F4NO3S. The molecule has 0 heterocycles. The SMILES string of the molecule is Cc1ccc([S@](=O)N[C@@H](C(C)C)[C@](F)(C(=O)OCc2ccccc2)C(F)(F)F)cc1. The van der Waals surface area contributed by atoms with E-state index in [0.29, 0.717) is 5.56 Å². The molecule has 30 heavy (non-hydrogen) atoms. The van der Waals surface area contributed by atoms with Crippen molar-refractivity contribution in [3.63, 3.8) is 0 Å². The van der Waals surface area contributed by atoms with Gasteiger partial charge in [0.25, 0.3) is 0 Å². The Bertz CT molecular complexity index is 872. The van der Waals surface area contributed by atoms with Crippen molar-refractivity contribution in [3.05, 3.63) is 65.7 Å². The van der Waals surface area contributed by atoms with Crippen molar-refractivity contribution >= 4 is 17.0 Å². The van der Waals surface area contributed by atoms with Crippen LogP contribution in [0.3, 0.4) is 0 Å². The molecule has 1 N–H and O–H groups in total. The molecule has 164 valence electrons. The number of hydrogen-bond acceptors (Lipinski definition) is 3. The number of nitrogens with one attached hydrogen (secondary N) is 1. The first kappa shape index (κ1) is 24.0. The molecule has 0 saturated heterocycles. The van der Waals surface area contributed by atoms with Crippen LogP contribution in [0, 0.1) is 12.8 Å². The van der Waals surface area contributed by atoms with Gasteiger partial charge in [-0.3, -0.25) is 0 Å². The van der Waals surface area contributed by atoms with Gasteiger partial charge in [0.15, 0.2) is 0 Å². The third-order valence-electron chi connectivity index (χ3n) is 4.49. The Labute approximate surface area is 175 Å². The van der Waals surface area contributed by atoms with E-state index >= 15 is 4.39 Å². The Balaban J connectivity index is 2.30. The van der Waals surface area contributed by atoms with Crippen LogP contribution in [0.2, 0.25) is 0 Å². The minimum absolute atomic E-state index is 0.161. The maximum atomic E-state index is 15.5. The minimum atomic E-state index is -5.58. The van der Waals surface area contributed by atoms with Crippen molar-refractivity contribution in [3.8, 4) is 0 Å². The van der Waals surface area contributed by atoms with Gasteiger partial charge in [-0.1, -0.05) is 61.9 Å². The van der Waals surface area contributed by atoms with Crippen LogP contribution in [0.15, 0.2) is 59.5 Å². The molecule has 0 bridgehead atoms. The topological polar surface area (TPSA) is 55.4 Å². The molecule has 0 radical (unpaired) electrons. The molecule has 0 fully saturated rings. The van der Waals surface area contributed by atoms with Gasteiger partial charge < -0.3 is 4.74 Å². The standard InChI is InChI=1S/C21H23F4NO3S/c1-14(2)18(26-30(28)17-11-9-15(3)10-12-17)20(22,21(23,24)25)19(27)29-13-16-7-5-4-6-8-16/h4-12,14,18,26H,13H2,1-3H3/t18-,20-,30-/m0/s1. The zero-order valence-corrected chi connectivity index (χ0v) is 17.5. The number of rotatable bonds is 8. The zero-order valence-electron chi connectivity index (χ0n) is 16.7. The van der Waals surface area contributed by atoms with E-state index in [1.165, 1.54) is 38.1 Å². The Hall–Kier alpha value is -2.26. The molecule has 0 unspecified atom stereocenters. The summed E-state index contributed by atoms with van der Waals surface area (Å²) in [4.78, 5) is 12.5. The summed E-state index contributed by atoms with van der Waals surface area (Å²) >= 11 is 0. The molecule has 0 saturated carbocycles. The Morgan fingerprint density at radius 2 is 1.60 bits per heavy atom. The molecule has 0 aliphatic rings. The summed E-state index contributed by atoms with van der Waals surface area (Å²) in [7, 11) is -2.18. The number of hydrogen-bond donors (Lipinski definition) is 1. The highest BCUT2D eigenvalue weighted by Gasteiger charge is 2.68. The summed E-state index contributed by atoms with van der Waals surface area (Å²) in [5.74, 6) is -3.11. The molecule has 0 aliphatic carbocycles. The van der Waals surface area contributed by atoms with Gasteiger partial charge in [-0.2, -0.15) is 13.2 Å². The minimum Gasteiger partial charge on any atom is -0.458 e. The van der Waals surface area contributed by atoms with Crippen LogP contribution in [-0.4, -0.2) is 28.1 Å². The van der Waals surface area contributed by atoms with E-state index in [4.69, 9.17) is 0 Å². The average Bonchev–Trinajstić information content (AvgIpc) is 2.69. The van der Waals surface area contributed by atoms with Crippen molar-refractivity contribution in [1.29, 1.82) is 0 Å². The van der Waals surface area contributed by atoms with Crippen LogP contribution in [0.5, 0.6) is 0 Å². The summed E-state index contributed by atoms with van der Waals surface area (Å²) in [6, 6.07) is 12.0. The maximum absolute atomic E-state index is 15.5. The first-order valence-corrected chi connectivity index (χ1v) is 10.3. The fraction of sp³-hybridized carbons (Fsp3) is 0.381. The highest BCUT2D eigenvalue weighted by molar-refractivity contribution is 7.83. The van der Waals surface area contributed by atoms with Crippen molar-refractivity contribution in [2.24, 2.45) is 5.92 Å². The summed E-state index contributed by atoms with van der Waals surface area (Å²) in [5, 5.41) is 0. The summed E-state index contributed by atoms with van der Waals surface area (Å²) in [6.07, 6.45) is -5.58. The molecule has 0 aromatic heterocycles. The van der Waals surface area contributed by atoms with E-state index in [-0.39, 0.29) is 4.90 Å². The van der Waals surface area contributed by atoms with Crippen LogP contribution in [0.4, 0.5) is 17.6 Å². The molecule has 0 aliphatic heterocycles. The normalized spacial score (nSPS) is 16.0. The van der Waals surface area contributed by atoms with Crippen molar-refractivity contribution < 1.29 is 31.3 Å². The van der Waals surface area contributed by atoms with Gasteiger partial charge >= 0.3 is 17.8 Å². The van der Waals surface area contributed by atoms with Gasteiger partial charge in [-0.15, -0.1) is 0 Å². The quantitative estimate of drug-likeness (QED) is 0.476. The van der Waals surface area contributed by atoms with Crippen molar-refractivity contribution in [2.75, 3.05) is 0 Å². The highest BCUT2D eigenvalue weighted by Crippen LogP contribution is 2.41. The number of benzene rings is 2. The largest absolute Gasteiger partial charge is 0.458 e. The summed E-state index contributed by atoms with van der Waals surface area (Å²) in [5.41, 5.74) is -3.13. The second kappa shape index (κ2) is 9.70. The Morgan fingerprint density at radius 3 is 2.10 bits per heavy atom. The van der Waals surface area contributed by atoms with E-state index in [2.05, 4.69) is 9.46 Å². The van der Waals surface area contributed by atoms with E-state index in [9.17, 15) is 22.2 Å². The lowest BCUT2D eigenvalue weighted by Gasteiger charge is -2.35. The fourth-order valence-electron chi connectivity index (χ4n) is 2.77. The monoisotopic (exact) mass is 445 g/mol. The predicted octanol–water partition coefficient (Wildman–Crippen LogP) is 4.65. The molecule has 9 heteroatoms. The zero-order chi connectivity index (χ0) is 22.5. The molecule has 3 atom stereocenters. The van der Waals surface area contributed by atoms with Crippen LogP contribution >= 0.6 is 0 Å². The van der Waals surface area contributed by atoms with Gasteiger partial charge in [0.1, 0.15) is 17.6 Å². The van der Waals surface area contributed by atoms with Crippen LogP contribution < -0.4 is 4.72 Å². The molecule has 2 rings (SSSR count). The lowest BCUT2D eigenvalue weighted by atomic mass is 9.87. The maximum Gasteiger partial charge on any atom is 0.435 e. The van der Waals surface area contributed by atoms with Crippen molar-refractivity contribution in [1.82, 2.24) is 4.72 Å². The lowest BCUT2D eigenvalue weighted by Crippen LogP contribution is -2.64. The van der Waals surface area contributed by atoms with Gasteiger partial charge in [0.2, 0.25) is 0 Å². The first-order chi connectivity index (χ1) is 14.0. The molecule has 4 nitrogen and oxygen atoms in total. The Kier molecular flexibility index (Phi) is 7.76. The highest BCUT2D eigenvalue weighted by atomic mass is 32.2. The summed E-state index contributed by atoms with van der Waals surface area (Å²) in [6.45, 7) is 3.87. The number of carbonyl (C=O) groups is 1. The number of alkyl halides is 4. The third kappa shape index (κ3) is 5.46.